The van der Waals surface area contributed by atoms with Crippen LogP contribution in [0.5, 0.6) is 0 Å². The third-order valence-electron chi connectivity index (χ3n) is 4.34. The monoisotopic (exact) mass is 452 g/mol. The van der Waals surface area contributed by atoms with Gasteiger partial charge in [-0.05, 0) is 38.5 Å². The van der Waals surface area contributed by atoms with Crippen molar-refractivity contribution in [1.82, 2.24) is 9.97 Å². The van der Waals surface area contributed by atoms with Crippen molar-refractivity contribution in [2.24, 2.45) is 0 Å². The summed E-state index contributed by atoms with van der Waals surface area (Å²) in [5, 5.41) is 13.7. The maximum atomic E-state index is 12.4. The van der Waals surface area contributed by atoms with Crippen LogP contribution in [-0.2, 0) is 10.5 Å². The van der Waals surface area contributed by atoms with Gasteiger partial charge in [-0.2, -0.15) is 0 Å². The number of carbonyl (C=O) groups is 1. The number of nitrogens with zero attached hydrogens (tertiary/aromatic N) is 2. The van der Waals surface area contributed by atoms with E-state index in [1.165, 1.54) is 41.3 Å². The van der Waals surface area contributed by atoms with Crippen molar-refractivity contribution in [2.75, 3.05) is 5.32 Å². The summed E-state index contributed by atoms with van der Waals surface area (Å²) in [5.74, 6) is 0.518. The molecule has 0 spiro atoms. The minimum absolute atomic E-state index is 0.0000983. The number of carbonyl (C=O) groups excluding carboxylic acids is 1. The van der Waals surface area contributed by atoms with Gasteiger partial charge >= 0.3 is 0 Å². The summed E-state index contributed by atoms with van der Waals surface area (Å²) in [5.41, 5.74) is 0.762. The first-order valence-electron chi connectivity index (χ1n) is 8.52. The van der Waals surface area contributed by atoms with Gasteiger partial charge in [-0.25, -0.2) is 4.98 Å². The van der Waals surface area contributed by atoms with Crippen molar-refractivity contribution in [1.29, 1.82) is 0 Å². The number of hydrogen-bond donors (Lipinski definition) is 2. The molecule has 11 heteroatoms. The van der Waals surface area contributed by atoms with Crippen LogP contribution in [0, 0.1) is 24.0 Å². The Bertz CT molecular complexity index is 1170. The first-order chi connectivity index (χ1) is 13.7. The van der Waals surface area contributed by atoms with E-state index in [1.807, 2.05) is 13.8 Å². The largest absolute Gasteiger partial charge is 0.325 e. The van der Waals surface area contributed by atoms with E-state index >= 15 is 0 Å². The number of aromatic amines is 1. The summed E-state index contributed by atoms with van der Waals surface area (Å²) in [6.45, 7) is 5.55. The summed E-state index contributed by atoms with van der Waals surface area (Å²) < 4.78 is 0. The molecular weight excluding hydrogens is 436 g/mol. The molecule has 0 aliphatic heterocycles. The molecule has 29 heavy (non-hydrogen) atoms. The molecule has 1 amide bonds. The van der Waals surface area contributed by atoms with E-state index in [4.69, 9.17) is 11.6 Å². The van der Waals surface area contributed by atoms with Crippen LogP contribution in [0.15, 0.2) is 23.0 Å². The Morgan fingerprint density at radius 1 is 1.45 bits per heavy atom. The van der Waals surface area contributed by atoms with Gasteiger partial charge in [0.25, 0.3) is 11.2 Å². The lowest BCUT2D eigenvalue weighted by atomic mass is 10.2. The number of thiophene rings is 1. The van der Waals surface area contributed by atoms with Crippen molar-refractivity contribution in [3.8, 4) is 0 Å². The van der Waals surface area contributed by atoms with Crippen LogP contribution in [0.2, 0.25) is 5.02 Å². The highest BCUT2D eigenvalue weighted by atomic mass is 35.5. The first kappa shape index (κ1) is 21.3. The van der Waals surface area contributed by atoms with Crippen LogP contribution in [0.4, 0.5) is 11.4 Å². The summed E-state index contributed by atoms with van der Waals surface area (Å²) >= 11 is 8.55. The molecule has 1 unspecified atom stereocenters. The van der Waals surface area contributed by atoms with Gasteiger partial charge in [0.1, 0.15) is 15.7 Å². The van der Waals surface area contributed by atoms with Gasteiger partial charge in [-0.15, -0.1) is 23.1 Å². The Morgan fingerprint density at radius 3 is 2.86 bits per heavy atom. The number of H-pyrrole nitrogens is 1. The SMILES string of the molecule is Cc1sc2nc(CSC(C)C(=O)Nc3ccc(Cl)c([N+](=O)[O-])c3)[nH]c(=O)c2c1C. The molecule has 0 saturated heterocycles. The molecule has 152 valence electrons. The summed E-state index contributed by atoms with van der Waals surface area (Å²) in [6.07, 6.45) is 0. The van der Waals surface area contributed by atoms with Gasteiger partial charge < -0.3 is 10.3 Å². The number of fused-ring (bicyclic) bond motifs is 1. The normalized spacial score (nSPS) is 12.1. The number of halogens is 1. The molecule has 0 radical (unpaired) electrons. The number of aromatic nitrogens is 2. The van der Waals surface area contributed by atoms with Crippen molar-refractivity contribution in [2.45, 2.75) is 31.8 Å². The second-order valence-electron chi connectivity index (χ2n) is 6.34. The second kappa shape index (κ2) is 8.52. The van der Waals surface area contributed by atoms with Gasteiger partial charge in [0, 0.05) is 16.6 Å². The molecule has 3 rings (SSSR count). The molecule has 0 fully saturated rings. The van der Waals surface area contributed by atoms with Crippen molar-refractivity contribution >= 4 is 62.2 Å². The van der Waals surface area contributed by atoms with Crippen LogP contribution in [-0.4, -0.2) is 26.0 Å². The van der Waals surface area contributed by atoms with E-state index < -0.39 is 10.2 Å². The van der Waals surface area contributed by atoms with Crippen LogP contribution in [0.3, 0.4) is 0 Å². The van der Waals surface area contributed by atoms with Gasteiger partial charge in [0.05, 0.1) is 21.3 Å². The first-order valence-corrected chi connectivity index (χ1v) is 10.8. The fraction of sp³-hybridized carbons (Fsp3) is 0.278. The fourth-order valence-corrected chi connectivity index (χ4v) is 4.61. The highest BCUT2D eigenvalue weighted by Crippen LogP contribution is 2.29. The van der Waals surface area contributed by atoms with Crippen LogP contribution in [0.1, 0.15) is 23.2 Å². The summed E-state index contributed by atoms with van der Waals surface area (Å²) in [4.78, 5) is 44.1. The Morgan fingerprint density at radius 2 is 2.17 bits per heavy atom. The number of benzene rings is 1. The molecular formula is C18H17ClN4O4S2. The maximum absolute atomic E-state index is 12.4. The topological polar surface area (TPSA) is 118 Å². The zero-order valence-electron chi connectivity index (χ0n) is 15.7. The Kier molecular flexibility index (Phi) is 6.25. The smallest absolute Gasteiger partial charge is 0.289 e. The van der Waals surface area contributed by atoms with E-state index in [-0.39, 0.29) is 27.9 Å². The number of nitro groups is 1. The summed E-state index contributed by atoms with van der Waals surface area (Å²) in [7, 11) is 0. The lowest BCUT2D eigenvalue weighted by Crippen LogP contribution is -2.23. The van der Waals surface area contributed by atoms with Gasteiger partial charge in [-0.1, -0.05) is 11.6 Å². The number of anilines is 1. The second-order valence-corrected chi connectivity index (χ2v) is 9.28. The molecule has 2 aromatic heterocycles. The number of amides is 1. The van der Waals surface area contributed by atoms with Crippen molar-refractivity contribution in [3.05, 3.63) is 60.0 Å². The highest BCUT2D eigenvalue weighted by Gasteiger charge is 2.18. The average Bonchev–Trinajstić information content (AvgIpc) is 2.95. The molecule has 2 heterocycles. The molecule has 1 atom stereocenters. The predicted molar refractivity (Wildman–Crippen MR) is 117 cm³/mol. The number of hydrogen-bond acceptors (Lipinski definition) is 7. The maximum Gasteiger partial charge on any atom is 0.289 e. The van der Waals surface area contributed by atoms with Crippen molar-refractivity contribution in [3.63, 3.8) is 0 Å². The van der Waals surface area contributed by atoms with Gasteiger partial charge in [0.2, 0.25) is 5.91 Å². The zero-order valence-corrected chi connectivity index (χ0v) is 18.1. The third kappa shape index (κ3) is 4.60. The van der Waals surface area contributed by atoms with Gasteiger partial charge in [-0.3, -0.25) is 19.7 Å². The minimum atomic E-state index is -0.609. The number of nitrogens with one attached hydrogen (secondary N) is 2. The van der Waals surface area contributed by atoms with E-state index in [9.17, 15) is 19.7 Å². The Balaban J connectivity index is 1.68. The Labute approximate surface area is 178 Å². The van der Waals surface area contributed by atoms with Crippen LogP contribution >= 0.6 is 34.7 Å². The standard InChI is InChI=1S/C18H17ClN4O4S2/c1-8-9(2)29-18-15(8)17(25)21-14(22-18)7-28-10(3)16(24)20-11-4-5-12(19)13(6-11)23(26)27/h4-6,10H,7H2,1-3H3,(H,20,24)(H,21,22,25). The highest BCUT2D eigenvalue weighted by molar-refractivity contribution is 7.99. The summed E-state index contributed by atoms with van der Waals surface area (Å²) in [6, 6.07) is 4.08. The lowest BCUT2D eigenvalue weighted by Gasteiger charge is -2.12. The zero-order chi connectivity index (χ0) is 21.3. The molecule has 0 aliphatic rings. The fourth-order valence-electron chi connectivity index (χ4n) is 2.62. The van der Waals surface area contributed by atoms with Crippen molar-refractivity contribution < 1.29 is 9.72 Å². The molecule has 0 aliphatic carbocycles. The van der Waals surface area contributed by atoms with E-state index in [0.29, 0.717) is 21.8 Å². The number of nitro benzene ring substituents is 1. The number of aryl methyl sites for hydroxylation is 2. The van der Waals surface area contributed by atoms with E-state index in [0.717, 1.165) is 10.4 Å². The number of thioether (sulfide) groups is 1. The predicted octanol–water partition coefficient (Wildman–Crippen LogP) is 4.42. The molecule has 8 nitrogen and oxygen atoms in total. The molecule has 1 aromatic carbocycles. The molecule has 2 N–H and O–H groups in total. The lowest BCUT2D eigenvalue weighted by molar-refractivity contribution is -0.384. The third-order valence-corrected chi connectivity index (χ3v) is 6.91. The van der Waals surface area contributed by atoms with E-state index in [1.54, 1.807) is 6.92 Å². The van der Waals surface area contributed by atoms with E-state index in [2.05, 4.69) is 15.3 Å². The minimum Gasteiger partial charge on any atom is -0.325 e. The van der Waals surface area contributed by atoms with Gasteiger partial charge in [0.15, 0.2) is 0 Å². The average molecular weight is 453 g/mol. The Hall–Kier alpha value is -2.43. The number of rotatable bonds is 6. The molecule has 3 aromatic rings. The van der Waals surface area contributed by atoms with Crippen LogP contribution < -0.4 is 10.9 Å². The molecule has 0 bridgehead atoms. The quantitative estimate of drug-likeness (QED) is 0.422. The molecule has 0 saturated carbocycles. The van der Waals surface area contributed by atoms with Crippen LogP contribution in [0.25, 0.3) is 10.2 Å².